The quantitative estimate of drug-likeness (QED) is 0.761. The number of rotatable bonds is 5. The molecule has 10 heteroatoms. The van der Waals surface area contributed by atoms with E-state index in [2.05, 4.69) is 10.3 Å². The van der Waals surface area contributed by atoms with Gasteiger partial charge in [0.2, 0.25) is 15.9 Å². The van der Waals surface area contributed by atoms with E-state index in [1.807, 2.05) is 0 Å². The molecule has 2 saturated heterocycles. The first-order valence-corrected chi connectivity index (χ1v) is 10.2. The predicted octanol–water partition coefficient (Wildman–Crippen LogP) is 1.30. The minimum Gasteiger partial charge on any atom is -0.337 e. The van der Waals surface area contributed by atoms with E-state index in [-0.39, 0.29) is 21.9 Å². The minimum atomic E-state index is -3.61. The first kappa shape index (κ1) is 17.4. The number of sulfonamides is 1. The number of hydrogen-bond acceptors (Lipinski definition) is 5. The lowest BCUT2D eigenvalue weighted by Crippen LogP contribution is -2.50. The maximum atomic E-state index is 12.6. The van der Waals surface area contributed by atoms with Crippen LogP contribution in [0.2, 0.25) is 5.02 Å². The monoisotopic (exact) mass is 395 g/mol. The molecule has 4 rings (SSSR count). The lowest BCUT2D eigenvalue weighted by atomic mass is 10.2. The summed E-state index contributed by atoms with van der Waals surface area (Å²) in [6.07, 6.45) is 3.26. The molecular formula is C16H18ClN5O3S. The van der Waals surface area contributed by atoms with Crippen molar-refractivity contribution in [3.63, 3.8) is 0 Å². The highest BCUT2D eigenvalue weighted by Gasteiger charge is 2.39. The SMILES string of the molecule is O=C1CCCN1Cc1cn(C2CN(S(=O)(=O)c3ccccc3Cl)C2)nn1. The predicted molar refractivity (Wildman–Crippen MR) is 93.9 cm³/mol. The maximum Gasteiger partial charge on any atom is 0.244 e. The molecule has 0 bridgehead atoms. The second kappa shape index (κ2) is 6.64. The van der Waals surface area contributed by atoms with Crippen molar-refractivity contribution in [3.05, 3.63) is 41.2 Å². The molecule has 1 aromatic heterocycles. The van der Waals surface area contributed by atoms with E-state index >= 15 is 0 Å². The zero-order valence-electron chi connectivity index (χ0n) is 14.0. The summed E-state index contributed by atoms with van der Waals surface area (Å²) >= 11 is 6.02. The van der Waals surface area contributed by atoms with Crippen molar-refractivity contribution in [1.29, 1.82) is 0 Å². The van der Waals surface area contributed by atoms with Crippen LogP contribution in [0.1, 0.15) is 24.6 Å². The minimum absolute atomic E-state index is 0.0669. The molecule has 0 atom stereocenters. The van der Waals surface area contributed by atoms with Crippen LogP contribution in [0, 0.1) is 0 Å². The fourth-order valence-corrected chi connectivity index (χ4v) is 5.21. The number of carbonyl (C=O) groups is 1. The third-order valence-corrected chi connectivity index (χ3v) is 7.07. The van der Waals surface area contributed by atoms with Gasteiger partial charge >= 0.3 is 0 Å². The molecule has 26 heavy (non-hydrogen) atoms. The molecule has 2 fully saturated rings. The Bertz CT molecular complexity index is 939. The number of likely N-dealkylation sites (tertiary alicyclic amines) is 1. The first-order chi connectivity index (χ1) is 12.4. The molecule has 0 N–H and O–H groups in total. The Labute approximate surface area is 156 Å². The number of aromatic nitrogens is 3. The molecule has 8 nitrogen and oxygen atoms in total. The molecule has 2 aliphatic rings. The lowest BCUT2D eigenvalue weighted by molar-refractivity contribution is -0.128. The van der Waals surface area contributed by atoms with Gasteiger partial charge in [0.1, 0.15) is 10.6 Å². The van der Waals surface area contributed by atoms with Crippen LogP contribution in [0.4, 0.5) is 0 Å². The van der Waals surface area contributed by atoms with Crippen LogP contribution in [-0.4, -0.2) is 58.2 Å². The Morgan fingerprint density at radius 1 is 1.23 bits per heavy atom. The maximum absolute atomic E-state index is 12.6. The van der Waals surface area contributed by atoms with Gasteiger partial charge in [0.15, 0.2) is 0 Å². The van der Waals surface area contributed by atoms with Crippen molar-refractivity contribution in [1.82, 2.24) is 24.2 Å². The summed E-state index contributed by atoms with van der Waals surface area (Å²) in [5.74, 6) is 0.139. The third kappa shape index (κ3) is 3.10. The van der Waals surface area contributed by atoms with E-state index in [1.165, 1.54) is 10.4 Å². The Morgan fingerprint density at radius 2 is 2.00 bits per heavy atom. The van der Waals surface area contributed by atoms with Crippen molar-refractivity contribution in [2.75, 3.05) is 19.6 Å². The highest BCUT2D eigenvalue weighted by molar-refractivity contribution is 7.89. The highest BCUT2D eigenvalue weighted by atomic mass is 35.5. The molecule has 0 unspecified atom stereocenters. The van der Waals surface area contributed by atoms with Crippen LogP contribution in [0.3, 0.4) is 0 Å². The van der Waals surface area contributed by atoms with Gasteiger partial charge < -0.3 is 4.90 Å². The van der Waals surface area contributed by atoms with E-state index in [1.54, 1.807) is 34.0 Å². The largest absolute Gasteiger partial charge is 0.337 e. The summed E-state index contributed by atoms with van der Waals surface area (Å²) in [4.78, 5) is 13.6. The molecular weight excluding hydrogens is 378 g/mol. The fourth-order valence-electron chi connectivity index (χ4n) is 3.20. The van der Waals surface area contributed by atoms with Crippen molar-refractivity contribution < 1.29 is 13.2 Å². The van der Waals surface area contributed by atoms with E-state index in [9.17, 15) is 13.2 Å². The molecule has 2 aromatic rings. The average molecular weight is 396 g/mol. The molecule has 0 saturated carbocycles. The number of halogens is 1. The van der Waals surface area contributed by atoms with Gasteiger partial charge in [0.05, 0.1) is 23.8 Å². The van der Waals surface area contributed by atoms with Crippen LogP contribution in [0.5, 0.6) is 0 Å². The zero-order valence-corrected chi connectivity index (χ0v) is 15.5. The Kier molecular flexibility index (Phi) is 4.45. The highest BCUT2D eigenvalue weighted by Crippen LogP contribution is 2.31. The Hall–Kier alpha value is -1.97. The number of benzene rings is 1. The molecule has 2 aliphatic heterocycles. The van der Waals surface area contributed by atoms with Crippen LogP contribution in [0.25, 0.3) is 0 Å². The van der Waals surface area contributed by atoms with Gasteiger partial charge in [0.25, 0.3) is 0 Å². The lowest BCUT2D eigenvalue weighted by Gasteiger charge is -2.37. The molecule has 1 amide bonds. The second-order valence-electron chi connectivity index (χ2n) is 6.52. The topological polar surface area (TPSA) is 88.4 Å². The number of nitrogens with zero attached hydrogens (tertiary/aromatic N) is 5. The molecule has 1 aromatic carbocycles. The summed E-state index contributed by atoms with van der Waals surface area (Å²) in [5.41, 5.74) is 0.715. The number of hydrogen-bond donors (Lipinski definition) is 0. The second-order valence-corrected chi connectivity index (χ2v) is 8.83. The molecule has 0 radical (unpaired) electrons. The number of amides is 1. The summed E-state index contributed by atoms with van der Waals surface area (Å²) in [7, 11) is -3.61. The van der Waals surface area contributed by atoms with Crippen molar-refractivity contribution in [3.8, 4) is 0 Å². The summed E-state index contributed by atoms with van der Waals surface area (Å²) in [6, 6.07) is 6.35. The van der Waals surface area contributed by atoms with Gasteiger partial charge in [-0.25, -0.2) is 13.1 Å². The van der Waals surface area contributed by atoms with Crippen LogP contribution in [0.15, 0.2) is 35.4 Å². The van der Waals surface area contributed by atoms with Gasteiger partial charge in [-0.3, -0.25) is 4.79 Å². The van der Waals surface area contributed by atoms with Crippen molar-refractivity contribution in [2.45, 2.75) is 30.3 Å². The molecule has 138 valence electrons. The van der Waals surface area contributed by atoms with E-state index in [0.29, 0.717) is 31.7 Å². The van der Waals surface area contributed by atoms with E-state index in [4.69, 9.17) is 11.6 Å². The standard InChI is InChI=1S/C16H18ClN5O3S/c17-14-4-1-2-5-15(14)26(24,25)21-10-13(11-21)22-9-12(18-19-22)8-20-7-3-6-16(20)23/h1-2,4-5,9,13H,3,6-8,10-11H2. The summed E-state index contributed by atoms with van der Waals surface area (Å²) in [6.45, 7) is 1.84. The molecule has 3 heterocycles. The van der Waals surface area contributed by atoms with Crippen LogP contribution >= 0.6 is 11.6 Å². The zero-order chi connectivity index (χ0) is 18.3. The average Bonchev–Trinajstić information content (AvgIpc) is 3.16. The van der Waals surface area contributed by atoms with Gasteiger partial charge in [-0.2, -0.15) is 4.31 Å². The first-order valence-electron chi connectivity index (χ1n) is 8.38. The normalized spacial score (nSPS) is 19.1. The van der Waals surface area contributed by atoms with Gasteiger partial charge in [-0.05, 0) is 18.6 Å². The molecule has 0 aliphatic carbocycles. The Morgan fingerprint density at radius 3 is 2.69 bits per heavy atom. The van der Waals surface area contributed by atoms with Crippen molar-refractivity contribution in [2.24, 2.45) is 0 Å². The Balaban J connectivity index is 1.41. The van der Waals surface area contributed by atoms with Gasteiger partial charge in [-0.1, -0.05) is 28.9 Å². The summed E-state index contributed by atoms with van der Waals surface area (Å²) in [5, 5.41) is 8.42. The smallest absolute Gasteiger partial charge is 0.244 e. The number of carbonyl (C=O) groups excluding carboxylic acids is 1. The van der Waals surface area contributed by atoms with Gasteiger partial charge in [0, 0.05) is 26.1 Å². The third-order valence-electron chi connectivity index (χ3n) is 4.74. The fraction of sp³-hybridized carbons (Fsp3) is 0.438. The molecule has 0 spiro atoms. The van der Waals surface area contributed by atoms with Gasteiger partial charge in [-0.15, -0.1) is 5.10 Å². The summed E-state index contributed by atoms with van der Waals surface area (Å²) < 4.78 is 28.3. The van der Waals surface area contributed by atoms with E-state index in [0.717, 1.165) is 13.0 Å². The van der Waals surface area contributed by atoms with Crippen LogP contribution < -0.4 is 0 Å². The van der Waals surface area contributed by atoms with E-state index < -0.39 is 10.0 Å². The van der Waals surface area contributed by atoms with Crippen molar-refractivity contribution >= 4 is 27.5 Å². The van der Waals surface area contributed by atoms with Crippen LogP contribution in [-0.2, 0) is 21.4 Å².